The van der Waals surface area contributed by atoms with Crippen LogP contribution in [0.1, 0.15) is 6.42 Å². The van der Waals surface area contributed by atoms with Crippen LogP contribution in [0.4, 0.5) is 14.6 Å². The maximum Gasteiger partial charge on any atom is 0.270 e. The van der Waals surface area contributed by atoms with Crippen molar-refractivity contribution in [2.45, 2.75) is 18.4 Å². The predicted molar refractivity (Wildman–Crippen MR) is 86.1 cm³/mol. The van der Waals surface area contributed by atoms with Crippen LogP contribution in [0.15, 0.2) is 43.0 Å². The van der Waals surface area contributed by atoms with Gasteiger partial charge in [0.2, 0.25) is 0 Å². The first-order valence-electron chi connectivity index (χ1n) is 7.73. The Kier molecular flexibility index (Phi) is 3.61. The molecule has 0 saturated carbocycles. The van der Waals surface area contributed by atoms with Crippen molar-refractivity contribution in [3.63, 3.8) is 0 Å². The number of hydrogen-bond donors (Lipinski definition) is 2. The molecule has 3 aromatic heterocycles. The number of imidazole rings is 1. The SMILES string of the molecule is FC1(F)CCNC[C@@H]1Nc1cncc(-c2cnc3ccccn23)n1. The van der Waals surface area contributed by atoms with E-state index in [0.29, 0.717) is 18.1 Å². The smallest absolute Gasteiger partial charge is 0.270 e. The number of fused-ring (bicyclic) bond motifs is 1. The highest BCUT2D eigenvalue weighted by atomic mass is 19.3. The van der Waals surface area contributed by atoms with Gasteiger partial charge >= 0.3 is 0 Å². The number of aromatic nitrogens is 4. The van der Waals surface area contributed by atoms with Crippen LogP contribution in [-0.2, 0) is 0 Å². The fraction of sp³-hybridized carbons (Fsp3) is 0.312. The van der Waals surface area contributed by atoms with Crippen LogP contribution in [0, 0.1) is 0 Å². The number of rotatable bonds is 3. The zero-order chi connectivity index (χ0) is 16.6. The first kappa shape index (κ1) is 14.9. The van der Waals surface area contributed by atoms with Gasteiger partial charge < -0.3 is 10.6 Å². The van der Waals surface area contributed by atoms with E-state index in [1.165, 1.54) is 6.20 Å². The van der Waals surface area contributed by atoms with Crippen LogP contribution in [0.25, 0.3) is 17.0 Å². The van der Waals surface area contributed by atoms with Gasteiger partial charge in [-0.25, -0.2) is 18.7 Å². The maximum atomic E-state index is 14.0. The summed E-state index contributed by atoms with van der Waals surface area (Å²) >= 11 is 0. The van der Waals surface area contributed by atoms with E-state index in [2.05, 4.69) is 25.6 Å². The monoisotopic (exact) mass is 330 g/mol. The standard InChI is InChI=1S/C16H16F2N6/c17-16(18)4-5-19-9-13(16)23-14-10-20-7-11(22-14)12-8-21-15-3-1-2-6-24(12)15/h1-3,6-8,10,13,19H,4-5,9H2,(H,22,23)/t13-/m0/s1. The molecule has 8 heteroatoms. The average Bonchev–Trinajstić information content (AvgIpc) is 3.01. The number of piperidine rings is 1. The van der Waals surface area contributed by atoms with Crippen molar-refractivity contribution in [2.24, 2.45) is 0 Å². The molecule has 0 spiro atoms. The van der Waals surface area contributed by atoms with Gasteiger partial charge in [0.1, 0.15) is 23.2 Å². The van der Waals surface area contributed by atoms with Gasteiger partial charge in [-0.2, -0.15) is 0 Å². The molecule has 0 unspecified atom stereocenters. The summed E-state index contributed by atoms with van der Waals surface area (Å²) in [4.78, 5) is 12.9. The number of hydrogen-bond acceptors (Lipinski definition) is 5. The third-order valence-electron chi connectivity index (χ3n) is 4.13. The van der Waals surface area contributed by atoms with Crippen molar-refractivity contribution in [3.05, 3.63) is 43.0 Å². The van der Waals surface area contributed by atoms with E-state index in [4.69, 9.17) is 0 Å². The normalized spacial score (nSPS) is 20.2. The van der Waals surface area contributed by atoms with Crippen molar-refractivity contribution in [1.29, 1.82) is 0 Å². The molecule has 24 heavy (non-hydrogen) atoms. The highest BCUT2D eigenvalue weighted by molar-refractivity contribution is 5.60. The summed E-state index contributed by atoms with van der Waals surface area (Å²) < 4.78 is 29.8. The second-order valence-electron chi connectivity index (χ2n) is 5.77. The summed E-state index contributed by atoms with van der Waals surface area (Å²) in [5.41, 5.74) is 2.12. The Morgan fingerprint density at radius 2 is 2.17 bits per heavy atom. The minimum atomic E-state index is -2.77. The van der Waals surface area contributed by atoms with Gasteiger partial charge in [-0.15, -0.1) is 0 Å². The molecule has 1 fully saturated rings. The summed E-state index contributed by atoms with van der Waals surface area (Å²) in [5.74, 6) is -2.45. The third kappa shape index (κ3) is 2.69. The first-order chi connectivity index (χ1) is 11.6. The van der Waals surface area contributed by atoms with Crippen molar-refractivity contribution in [3.8, 4) is 11.4 Å². The molecule has 2 N–H and O–H groups in total. The lowest BCUT2D eigenvalue weighted by molar-refractivity contribution is -0.0384. The lowest BCUT2D eigenvalue weighted by Gasteiger charge is -2.32. The van der Waals surface area contributed by atoms with Crippen LogP contribution < -0.4 is 10.6 Å². The summed E-state index contributed by atoms with van der Waals surface area (Å²) in [5, 5.41) is 5.78. The molecule has 1 saturated heterocycles. The van der Waals surface area contributed by atoms with Crippen molar-refractivity contribution in [2.75, 3.05) is 18.4 Å². The van der Waals surface area contributed by atoms with E-state index in [1.54, 1.807) is 12.4 Å². The van der Waals surface area contributed by atoms with E-state index in [1.807, 2.05) is 28.8 Å². The fourth-order valence-corrected chi connectivity index (χ4v) is 2.84. The van der Waals surface area contributed by atoms with Gasteiger partial charge in [0.05, 0.1) is 24.3 Å². The molecule has 124 valence electrons. The molecule has 6 nitrogen and oxygen atoms in total. The third-order valence-corrected chi connectivity index (χ3v) is 4.13. The van der Waals surface area contributed by atoms with Crippen LogP contribution in [0.5, 0.6) is 0 Å². The van der Waals surface area contributed by atoms with E-state index in [0.717, 1.165) is 11.3 Å². The highest BCUT2D eigenvalue weighted by Gasteiger charge is 2.41. The maximum absolute atomic E-state index is 14.0. The minimum Gasteiger partial charge on any atom is -0.359 e. The van der Waals surface area contributed by atoms with Crippen LogP contribution in [0.3, 0.4) is 0 Å². The van der Waals surface area contributed by atoms with E-state index in [9.17, 15) is 8.78 Å². The molecule has 4 heterocycles. The number of nitrogens with one attached hydrogen (secondary N) is 2. The molecule has 1 atom stereocenters. The quantitative estimate of drug-likeness (QED) is 0.771. The molecular formula is C16H16F2N6. The van der Waals surface area contributed by atoms with Gasteiger partial charge in [-0.3, -0.25) is 9.38 Å². The highest BCUT2D eigenvalue weighted by Crippen LogP contribution is 2.28. The topological polar surface area (TPSA) is 67.1 Å². The molecule has 1 aliphatic heterocycles. The number of alkyl halides is 2. The van der Waals surface area contributed by atoms with Crippen molar-refractivity contribution in [1.82, 2.24) is 24.7 Å². The fourth-order valence-electron chi connectivity index (χ4n) is 2.84. The molecule has 0 radical (unpaired) electrons. The first-order valence-corrected chi connectivity index (χ1v) is 7.73. The molecule has 3 aromatic rings. The number of nitrogens with zero attached hydrogens (tertiary/aromatic N) is 4. The summed E-state index contributed by atoms with van der Waals surface area (Å²) in [7, 11) is 0. The van der Waals surface area contributed by atoms with Crippen molar-refractivity contribution >= 4 is 11.5 Å². The van der Waals surface area contributed by atoms with Gasteiger partial charge in [0.15, 0.2) is 0 Å². The van der Waals surface area contributed by atoms with Gasteiger partial charge in [0, 0.05) is 25.7 Å². The van der Waals surface area contributed by atoms with Crippen LogP contribution in [0.2, 0.25) is 0 Å². The van der Waals surface area contributed by atoms with Gasteiger partial charge in [-0.1, -0.05) is 6.07 Å². The Bertz CT molecular complexity index is 862. The molecule has 0 amide bonds. The minimum absolute atomic E-state index is 0.189. The van der Waals surface area contributed by atoms with E-state index >= 15 is 0 Å². The second-order valence-corrected chi connectivity index (χ2v) is 5.77. The van der Waals surface area contributed by atoms with E-state index in [-0.39, 0.29) is 13.0 Å². The zero-order valence-electron chi connectivity index (χ0n) is 12.8. The summed E-state index contributed by atoms with van der Waals surface area (Å²) in [6.45, 7) is 0.507. The number of anilines is 1. The Hall–Kier alpha value is -2.61. The van der Waals surface area contributed by atoms with E-state index < -0.39 is 12.0 Å². The molecule has 1 aliphatic rings. The molecule has 0 bridgehead atoms. The van der Waals surface area contributed by atoms with Gasteiger partial charge in [-0.05, 0) is 12.1 Å². The van der Waals surface area contributed by atoms with Crippen LogP contribution >= 0.6 is 0 Å². The van der Waals surface area contributed by atoms with Crippen molar-refractivity contribution < 1.29 is 8.78 Å². The van der Waals surface area contributed by atoms with Crippen LogP contribution in [-0.4, -0.2) is 44.4 Å². The average molecular weight is 330 g/mol. The Morgan fingerprint density at radius 1 is 1.25 bits per heavy atom. The Balaban J connectivity index is 1.64. The molecule has 4 rings (SSSR count). The summed E-state index contributed by atoms with van der Waals surface area (Å²) in [6.07, 6.45) is 6.43. The van der Waals surface area contributed by atoms with Gasteiger partial charge in [0.25, 0.3) is 5.92 Å². The largest absolute Gasteiger partial charge is 0.359 e. The molecule has 0 aliphatic carbocycles. The molecule has 0 aromatic carbocycles. The second kappa shape index (κ2) is 5.79. The lowest BCUT2D eigenvalue weighted by atomic mass is 10.0. The molecular weight excluding hydrogens is 314 g/mol. The summed E-state index contributed by atoms with van der Waals surface area (Å²) in [6, 6.07) is 4.67. The Labute approximate surface area is 137 Å². The number of halogens is 2. The Morgan fingerprint density at radius 3 is 3.04 bits per heavy atom. The lowest BCUT2D eigenvalue weighted by Crippen LogP contribution is -2.52. The zero-order valence-corrected chi connectivity index (χ0v) is 12.8. The number of pyridine rings is 1. The predicted octanol–water partition coefficient (Wildman–Crippen LogP) is 2.20.